The number of likely N-dealkylation sites (tertiary alicyclic amines) is 1. The number of nitrogens with one attached hydrogen (secondary N) is 1. The van der Waals surface area contributed by atoms with E-state index in [9.17, 15) is 4.79 Å². The summed E-state index contributed by atoms with van der Waals surface area (Å²) < 4.78 is 5.52. The molecule has 2 aromatic carbocycles. The van der Waals surface area contributed by atoms with Gasteiger partial charge in [-0.05, 0) is 56.5 Å². The Bertz CT molecular complexity index is 700. The van der Waals surface area contributed by atoms with Gasteiger partial charge in [0.25, 0.3) is 0 Å². The molecule has 0 spiro atoms. The minimum absolute atomic E-state index is 0.0234. The summed E-state index contributed by atoms with van der Waals surface area (Å²) in [7, 11) is 0. The van der Waals surface area contributed by atoms with Gasteiger partial charge in [0.15, 0.2) is 0 Å². The van der Waals surface area contributed by atoms with Gasteiger partial charge in [0, 0.05) is 6.04 Å². The van der Waals surface area contributed by atoms with E-state index in [1.54, 1.807) is 0 Å². The van der Waals surface area contributed by atoms with E-state index in [4.69, 9.17) is 4.74 Å². The fourth-order valence-electron chi connectivity index (χ4n) is 3.64. The summed E-state index contributed by atoms with van der Waals surface area (Å²) in [6, 6.07) is 18.7. The van der Waals surface area contributed by atoms with Crippen molar-refractivity contribution in [1.29, 1.82) is 0 Å². The van der Waals surface area contributed by atoms with Crippen LogP contribution in [0.5, 0.6) is 5.75 Å². The first-order valence-corrected chi connectivity index (χ1v) is 9.48. The Morgan fingerprint density at radius 1 is 1.19 bits per heavy atom. The summed E-state index contributed by atoms with van der Waals surface area (Å²) >= 11 is 0. The standard InChI is InChI=1S/C22H28N2O2/c1-3-26-20-13-11-19(12-14-20)21-10-7-15-24(21)16-22(25)23-17(2)18-8-5-4-6-9-18/h4-6,8-9,11-14,17,21H,3,7,10,15-16H2,1-2H3,(H,23,25)/t17-,21+/m1/s1. The molecule has 0 aliphatic carbocycles. The lowest BCUT2D eigenvalue weighted by Gasteiger charge is -2.25. The molecule has 1 saturated heterocycles. The van der Waals surface area contributed by atoms with Crippen molar-refractivity contribution in [2.45, 2.75) is 38.8 Å². The van der Waals surface area contributed by atoms with Crippen LogP contribution in [0.25, 0.3) is 0 Å². The molecule has 0 bridgehead atoms. The number of hydrogen-bond donors (Lipinski definition) is 1. The normalized spacial score (nSPS) is 18.5. The average molecular weight is 352 g/mol. The summed E-state index contributed by atoms with van der Waals surface area (Å²) in [5, 5.41) is 3.12. The summed E-state index contributed by atoms with van der Waals surface area (Å²) in [4.78, 5) is 14.8. The first kappa shape index (κ1) is 18.5. The fraction of sp³-hybridized carbons (Fsp3) is 0.409. The van der Waals surface area contributed by atoms with Gasteiger partial charge in [-0.3, -0.25) is 9.69 Å². The van der Waals surface area contributed by atoms with Gasteiger partial charge in [0.2, 0.25) is 5.91 Å². The van der Waals surface area contributed by atoms with E-state index in [2.05, 4.69) is 22.3 Å². The molecule has 1 amide bonds. The molecule has 26 heavy (non-hydrogen) atoms. The van der Waals surface area contributed by atoms with Crippen molar-refractivity contribution >= 4 is 5.91 Å². The number of carbonyl (C=O) groups excluding carboxylic acids is 1. The van der Waals surface area contributed by atoms with Crippen LogP contribution in [-0.4, -0.2) is 30.5 Å². The Morgan fingerprint density at radius 2 is 1.92 bits per heavy atom. The SMILES string of the molecule is CCOc1ccc([C@@H]2CCCN2CC(=O)N[C@H](C)c2ccccc2)cc1. The zero-order valence-electron chi connectivity index (χ0n) is 15.7. The molecule has 4 nitrogen and oxygen atoms in total. The number of amides is 1. The highest BCUT2D eigenvalue weighted by Gasteiger charge is 2.27. The number of nitrogens with zero attached hydrogens (tertiary/aromatic N) is 1. The Morgan fingerprint density at radius 3 is 2.62 bits per heavy atom. The maximum absolute atomic E-state index is 12.5. The quantitative estimate of drug-likeness (QED) is 0.816. The largest absolute Gasteiger partial charge is 0.494 e. The Labute approximate surface area is 156 Å². The first-order valence-electron chi connectivity index (χ1n) is 9.48. The minimum Gasteiger partial charge on any atom is -0.494 e. The number of ether oxygens (including phenoxy) is 1. The van der Waals surface area contributed by atoms with Crippen LogP contribution in [0, 0.1) is 0 Å². The van der Waals surface area contributed by atoms with E-state index in [0.29, 0.717) is 19.2 Å². The molecule has 4 heteroatoms. The fourth-order valence-corrected chi connectivity index (χ4v) is 3.64. The molecule has 0 saturated carbocycles. The van der Waals surface area contributed by atoms with Crippen molar-refractivity contribution in [3.05, 3.63) is 65.7 Å². The average Bonchev–Trinajstić information content (AvgIpc) is 3.11. The predicted molar refractivity (Wildman–Crippen MR) is 104 cm³/mol. The summed E-state index contributed by atoms with van der Waals surface area (Å²) in [6.07, 6.45) is 2.22. The van der Waals surface area contributed by atoms with Crippen LogP contribution in [0.15, 0.2) is 54.6 Å². The van der Waals surface area contributed by atoms with E-state index in [-0.39, 0.29) is 11.9 Å². The zero-order valence-corrected chi connectivity index (χ0v) is 15.7. The third-order valence-corrected chi connectivity index (χ3v) is 4.96. The molecule has 0 unspecified atom stereocenters. The lowest BCUT2D eigenvalue weighted by molar-refractivity contribution is -0.123. The molecule has 2 atom stereocenters. The van der Waals surface area contributed by atoms with E-state index < -0.39 is 0 Å². The molecule has 1 N–H and O–H groups in total. The van der Waals surface area contributed by atoms with Crippen LogP contribution in [0.3, 0.4) is 0 Å². The minimum atomic E-state index is 0.0234. The molecule has 2 aromatic rings. The third kappa shape index (κ3) is 4.64. The van der Waals surface area contributed by atoms with Gasteiger partial charge in [0.1, 0.15) is 5.75 Å². The predicted octanol–water partition coefficient (Wildman–Crippen LogP) is 4.10. The molecule has 1 fully saturated rings. The number of hydrogen-bond acceptors (Lipinski definition) is 3. The van der Waals surface area contributed by atoms with Crippen molar-refractivity contribution < 1.29 is 9.53 Å². The van der Waals surface area contributed by atoms with Crippen molar-refractivity contribution in [2.24, 2.45) is 0 Å². The monoisotopic (exact) mass is 352 g/mol. The van der Waals surface area contributed by atoms with Crippen LogP contribution in [0.4, 0.5) is 0 Å². The van der Waals surface area contributed by atoms with E-state index in [0.717, 1.165) is 30.7 Å². The second-order valence-electron chi connectivity index (χ2n) is 6.83. The molecule has 1 aliphatic rings. The van der Waals surface area contributed by atoms with Crippen molar-refractivity contribution in [1.82, 2.24) is 10.2 Å². The number of carbonyl (C=O) groups is 1. The smallest absolute Gasteiger partial charge is 0.234 e. The summed E-state index contributed by atoms with van der Waals surface area (Å²) in [5.74, 6) is 0.981. The van der Waals surface area contributed by atoms with Gasteiger partial charge in [-0.2, -0.15) is 0 Å². The maximum Gasteiger partial charge on any atom is 0.234 e. The molecular formula is C22H28N2O2. The van der Waals surface area contributed by atoms with E-state index >= 15 is 0 Å². The van der Waals surface area contributed by atoms with Gasteiger partial charge >= 0.3 is 0 Å². The van der Waals surface area contributed by atoms with Gasteiger partial charge in [-0.25, -0.2) is 0 Å². The van der Waals surface area contributed by atoms with Crippen LogP contribution in [0.1, 0.15) is 49.9 Å². The molecule has 3 rings (SSSR count). The van der Waals surface area contributed by atoms with E-state index in [1.165, 1.54) is 5.56 Å². The van der Waals surface area contributed by atoms with Crippen LogP contribution in [0.2, 0.25) is 0 Å². The lowest BCUT2D eigenvalue weighted by Crippen LogP contribution is -2.38. The first-order chi connectivity index (χ1) is 12.7. The van der Waals surface area contributed by atoms with Crippen molar-refractivity contribution in [2.75, 3.05) is 19.7 Å². The zero-order chi connectivity index (χ0) is 18.4. The molecule has 1 heterocycles. The van der Waals surface area contributed by atoms with Crippen molar-refractivity contribution in [3.8, 4) is 5.75 Å². The Hall–Kier alpha value is -2.33. The molecule has 0 radical (unpaired) electrons. The molecular weight excluding hydrogens is 324 g/mol. The molecule has 138 valence electrons. The topological polar surface area (TPSA) is 41.6 Å². The summed E-state index contributed by atoms with van der Waals surface area (Å²) in [5.41, 5.74) is 2.39. The third-order valence-electron chi connectivity index (χ3n) is 4.96. The van der Waals surface area contributed by atoms with Gasteiger partial charge < -0.3 is 10.1 Å². The van der Waals surface area contributed by atoms with Gasteiger partial charge in [-0.1, -0.05) is 42.5 Å². The van der Waals surface area contributed by atoms with Crippen molar-refractivity contribution in [3.63, 3.8) is 0 Å². The number of benzene rings is 2. The lowest BCUT2D eigenvalue weighted by atomic mass is 10.0. The maximum atomic E-state index is 12.5. The Kier molecular flexibility index (Phi) is 6.29. The van der Waals surface area contributed by atoms with Gasteiger partial charge in [-0.15, -0.1) is 0 Å². The summed E-state index contributed by atoms with van der Waals surface area (Å²) in [6.45, 7) is 6.09. The molecule has 1 aliphatic heterocycles. The highest BCUT2D eigenvalue weighted by atomic mass is 16.5. The highest BCUT2D eigenvalue weighted by Crippen LogP contribution is 2.32. The second-order valence-corrected chi connectivity index (χ2v) is 6.83. The molecule has 0 aromatic heterocycles. The second kappa shape index (κ2) is 8.86. The van der Waals surface area contributed by atoms with Crippen LogP contribution < -0.4 is 10.1 Å². The van der Waals surface area contributed by atoms with Crippen LogP contribution in [-0.2, 0) is 4.79 Å². The number of rotatable bonds is 7. The van der Waals surface area contributed by atoms with Crippen LogP contribution >= 0.6 is 0 Å². The highest BCUT2D eigenvalue weighted by molar-refractivity contribution is 5.78. The Balaban J connectivity index is 1.58. The van der Waals surface area contributed by atoms with E-state index in [1.807, 2.05) is 56.3 Å². The van der Waals surface area contributed by atoms with Gasteiger partial charge in [0.05, 0.1) is 19.2 Å².